The molecule has 2 N–H and O–H groups in total. The number of urea groups is 1. The zero-order chi connectivity index (χ0) is 22.6. The maximum atomic E-state index is 13.0. The maximum Gasteiger partial charge on any atom is 0.321 e. The van der Waals surface area contributed by atoms with Gasteiger partial charge in [-0.25, -0.2) is 13.2 Å². The highest BCUT2D eigenvalue weighted by molar-refractivity contribution is 7.89. The number of sulfonamides is 1. The molecule has 166 valence electrons. The van der Waals surface area contributed by atoms with Gasteiger partial charge in [0.25, 0.3) is 0 Å². The van der Waals surface area contributed by atoms with Crippen LogP contribution in [0.4, 0.5) is 4.79 Å². The van der Waals surface area contributed by atoms with Crippen LogP contribution in [-0.2, 0) is 14.8 Å². The highest BCUT2D eigenvalue weighted by Crippen LogP contribution is 2.28. The number of imide groups is 1. The Bertz CT molecular complexity index is 1060. The third-order valence-corrected chi connectivity index (χ3v) is 7.63. The molecule has 2 aromatic rings. The fourth-order valence-corrected chi connectivity index (χ4v) is 5.21. The lowest BCUT2D eigenvalue weighted by Gasteiger charge is -2.38. The number of amides is 3. The molecular weight excluding hydrogens is 463 g/mol. The molecule has 0 saturated carbocycles. The van der Waals surface area contributed by atoms with Gasteiger partial charge in [0.05, 0.1) is 14.9 Å². The molecule has 1 saturated heterocycles. The number of carbonyl (C=O) groups excluding carboxylic acids is 2. The topological polar surface area (TPSA) is 98.8 Å². The second-order valence-corrected chi connectivity index (χ2v) is 9.65. The van der Waals surface area contributed by atoms with Crippen molar-refractivity contribution in [1.29, 1.82) is 0 Å². The summed E-state index contributed by atoms with van der Waals surface area (Å²) in [6.07, 6.45) is 0. The SMILES string of the molecule is CNC(=O)NC(=O)C(c1ccccc1)N1CCN(S(=O)(=O)c2ccc(Cl)c(Cl)c2)CC1. The Hall–Kier alpha value is -2.17. The lowest BCUT2D eigenvalue weighted by atomic mass is 10.0. The van der Waals surface area contributed by atoms with E-state index >= 15 is 0 Å². The van der Waals surface area contributed by atoms with Crippen molar-refractivity contribution in [2.75, 3.05) is 33.2 Å². The number of piperazine rings is 1. The maximum absolute atomic E-state index is 13.0. The third kappa shape index (κ3) is 5.36. The largest absolute Gasteiger partial charge is 0.341 e. The van der Waals surface area contributed by atoms with Gasteiger partial charge >= 0.3 is 6.03 Å². The summed E-state index contributed by atoms with van der Waals surface area (Å²) >= 11 is 11.9. The summed E-state index contributed by atoms with van der Waals surface area (Å²) in [6.45, 7) is 0.973. The molecule has 1 heterocycles. The summed E-state index contributed by atoms with van der Waals surface area (Å²) < 4.78 is 27.3. The van der Waals surface area contributed by atoms with Crippen LogP contribution in [0, 0.1) is 0 Å². The van der Waals surface area contributed by atoms with Crippen LogP contribution in [0.5, 0.6) is 0 Å². The van der Waals surface area contributed by atoms with Gasteiger partial charge < -0.3 is 5.32 Å². The average molecular weight is 485 g/mol. The molecule has 0 radical (unpaired) electrons. The molecule has 1 aliphatic heterocycles. The van der Waals surface area contributed by atoms with E-state index in [0.717, 1.165) is 0 Å². The minimum absolute atomic E-state index is 0.0623. The van der Waals surface area contributed by atoms with Gasteiger partial charge in [0.15, 0.2) is 0 Å². The van der Waals surface area contributed by atoms with Gasteiger partial charge in [-0.2, -0.15) is 4.31 Å². The molecule has 0 aliphatic carbocycles. The van der Waals surface area contributed by atoms with Crippen molar-refractivity contribution in [3.63, 3.8) is 0 Å². The number of hydrogen-bond acceptors (Lipinski definition) is 5. The molecule has 11 heteroatoms. The molecular formula is C20H22Cl2N4O4S. The van der Waals surface area contributed by atoms with Gasteiger partial charge in [-0.15, -0.1) is 0 Å². The zero-order valence-electron chi connectivity index (χ0n) is 16.7. The van der Waals surface area contributed by atoms with Crippen LogP contribution in [0.2, 0.25) is 10.0 Å². The van der Waals surface area contributed by atoms with Gasteiger partial charge in [-0.3, -0.25) is 15.0 Å². The second kappa shape index (κ2) is 9.97. The molecule has 1 aliphatic rings. The number of halogens is 2. The molecule has 0 aromatic heterocycles. The Kier molecular flexibility index (Phi) is 7.55. The average Bonchev–Trinajstić information content (AvgIpc) is 2.76. The Labute approximate surface area is 191 Å². The lowest BCUT2D eigenvalue weighted by molar-refractivity contribution is -0.126. The molecule has 1 unspecified atom stereocenters. The van der Waals surface area contributed by atoms with Crippen LogP contribution < -0.4 is 10.6 Å². The monoisotopic (exact) mass is 484 g/mol. The predicted octanol–water partition coefficient (Wildman–Crippen LogP) is 2.50. The summed E-state index contributed by atoms with van der Waals surface area (Å²) in [5, 5.41) is 5.12. The van der Waals surface area contributed by atoms with E-state index < -0.39 is 28.0 Å². The summed E-state index contributed by atoms with van der Waals surface area (Å²) in [5.41, 5.74) is 0.713. The van der Waals surface area contributed by atoms with Gasteiger partial charge in [0.1, 0.15) is 6.04 Å². The first-order valence-electron chi connectivity index (χ1n) is 9.51. The van der Waals surface area contributed by atoms with E-state index in [0.29, 0.717) is 18.7 Å². The smallest absolute Gasteiger partial charge is 0.321 e. The van der Waals surface area contributed by atoms with Crippen LogP contribution in [0.15, 0.2) is 53.4 Å². The van der Waals surface area contributed by atoms with E-state index in [2.05, 4.69) is 10.6 Å². The molecule has 3 rings (SSSR count). The molecule has 1 fully saturated rings. The van der Waals surface area contributed by atoms with E-state index in [9.17, 15) is 18.0 Å². The summed E-state index contributed by atoms with van der Waals surface area (Å²) in [4.78, 5) is 26.4. The molecule has 8 nitrogen and oxygen atoms in total. The second-order valence-electron chi connectivity index (χ2n) is 6.90. The first-order valence-corrected chi connectivity index (χ1v) is 11.7. The van der Waals surface area contributed by atoms with Gasteiger partial charge in [-0.1, -0.05) is 53.5 Å². The first-order chi connectivity index (χ1) is 14.7. The van der Waals surface area contributed by atoms with Crippen LogP contribution in [0.25, 0.3) is 0 Å². The third-order valence-electron chi connectivity index (χ3n) is 4.99. The van der Waals surface area contributed by atoms with Crippen LogP contribution in [0.3, 0.4) is 0 Å². The Morgan fingerprint density at radius 1 is 0.968 bits per heavy atom. The Morgan fingerprint density at radius 3 is 2.19 bits per heavy atom. The van der Waals surface area contributed by atoms with Crippen molar-refractivity contribution in [2.24, 2.45) is 0 Å². The molecule has 3 amide bonds. The minimum Gasteiger partial charge on any atom is -0.341 e. The van der Waals surface area contributed by atoms with Crippen LogP contribution in [0.1, 0.15) is 11.6 Å². The summed E-state index contributed by atoms with van der Waals surface area (Å²) in [5.74, 6) is -0.480. The van der Waals surface area contributed by atoms with E-state index in [-0.39, 0.29) is 28.0 Å². The van der Waals surface area contributed by atoms with E-state index in [1.807, 2.05) is 11.0 Å². The van der Waals surface area contributed by atoms with Crippen molar-refractivity contribution in [1.82, 2.24) is 19.8 Å². The highest BCUT2D eigenvalue weighted by Gasteiger charge is 2.35. The number of hydrogen-bond donors (Lipinski definition) is 2. The standard InChI is InChI=1S/C20H22Cl2N4O4S/c1-23-20(28)24-19(27)18(14-5-3-2-4-6-14)25-9-11-26(12-10-25)31(29,30)15-7-8-16(21)17(22)13-15/h2-8,13,18H,9-12H2,1H3,(H2,23,24,27,28). The van der Waals surface area contributed by atoms with E-state index in [1.54, 1.807) is 24.3 Å². The fraction of sp³-hybridized carbons (Fsp3) is 0.300. The van der Waals surface area contributed by atoms with Gasteiger partial charge in [0.2, 0.25) is 15.9 Å². The van der Waals surface area contributed by atoms with Crippen molar-refractivity contribution in [3.05, 3.63) is 64.1 Å². The van der Waals surface area contributed by atoms with Crippen molar-refractivity contribution in [3.8, 4) is 0 Å². The molecule has 2 aromatic carbocycles. The zero-order valence-corrected chi connectivity index (χ0v) is 19.0. The molecule has 31 heavy (non-hydrogen) atoms. The predicted molar refractivity (Wildman–Crippen MR) is 119 cm³/mol. The lowest BCUT2D eigenvalue weighted by Crippen LogP contribution is -2.53. The summed E-state index contributed by atoms with van der Waals surface area (Å²) in [7, 11) is -2.34. The van der Waals surface area contributed by atoms with Crippen molar-refractivity contribution >= 4 is 45.2 Å². The van der Waals surface area contributed by atoms with Crippen LogP contribution in [-0.4, -0.2) is 62.8 Å². The van der Waals surface area contributed by atoms with E-state index in [4.69, 9.17) is 23.2 Å². The number of benzene rings is 2. The highest BCUT2D eigenvalue weighted by atomic mass is 35.5. The van der Waals surface area contributed by atoms with Crippen molar-refractivity contribution in [2.45, 2.75) is 10.9 Å². The number of carbonyl (C=O) groups is 2. The Balaban J connectivity index is 1.78. The van der Waals surface area contributed by atoms with E-state index in [1.165, 1.54) is 29.6 Å². The number of nitrogens with zero attached hydrogens (tertiary/aromatic N) is 2. The molecule has 0 bridgehead atoms. The van der Waals surface area contributed by atoms with Gasteiger partial charge in [0, 0.05) is 33.2 Å². The Morgan fingerprint density at radius 2 is 1.61 bits per heavy atom. The minimum atomic E-state index is -3.76. The van der Waals surface area contributed by atoms with Crippen molar-refractivity contribution < 1.29 is 18.0 Å². The van der Waals surface area contributed by atoms with Gasteiger partial charge in [-0.05, 0) is 23.8 Å². The van der Waals surface area contributed by atoms with Crippen LogP contribution >= 0.6 is 23.2 Å². The fourth-order valence-electron chi connectivity index (χ4n) is 3.39. The quantitative estimate of drug-likeness (QED) is 0.678. The number of rotatable bonds is 5. The molecule has 1 atom stereocenters. The summed E-state index contributed by atoms with van der Waals surface area (Å²) in [6, 6.07) is 11.9. The molecule has 0 spiro atoms. The normalized spacial score (nSPS) is 16.5. The number of nitrogens with one attached hydrogen (secondary N) is 2. The first kappa shape index (κ1) is 23.5.